The average molecular weight is 471 g/mol. The van der Waals surface area contributed by atoms with Gasteiger partial charge in [-0.15, -0.1) is 0 Å². The fraction of sp³-hybridized carbons (Fsp3) is 0.348. The fourth-order valence-corrected chi connectivity index (χ4v) is 5.06. The quantitative estimate of drug-likeness (QED) is 0.565. The number of amides is 1. The molecule has 0 radical (unpaired) electrons. The van der Waals surface area contributed by atoms with Gasteiger partial charge in [-0.05, 0) is 48.7 Å². The van der Waals surface area contributed by atoms with Crippen molar-refractivity contribution >= 4 is 32.5 Å². The van der Waals surface area contributed by atoms with E-state index in [2.05, 4.69) is 9.97 Å². The van der Waals surface area contributed by atoms with Crippen LogP contribution in [0.25, 0.3) is 10.9 Å². The van der Waals surface area contributed by atoms with Gasteiger partial charge in [0, 0.05) is 25.8 Å². The first kappa shape index (κ1) is 22.9. The van der Waals surface area contributed by atoms with E-state index >= 15 is 0 Å². The zero-order valence-corrected chi connectivity index (χ0v) is 19.4. The lowest BCUT2D eigenvalue weighted by molar-refractivity contribution is 0.0675. The molecule has 0 saturated carbocycles. The third kappa shape index (κ3) is 4.91. The van der Waals surface area contributed by atoms with Crippen LogP contribution in [0.15, 0.2) is 47.3 Å². The second kappa shape index (κ2) is 9.32. The lowest BCUT2D eigenvalue weighted by atomic mass is 10.00. The molecule has 0 atom stereocenters. The van der Waals surface area contributed by atoms with Gasteiger partial charge in [0.25, 0.3) is 11.5 Å². The van der Waals surface area contributed by atoms with E-state index in [1.54, 1.807) is 54.5 Å². The number of H-pyrrole nitrogens is 1. The minimum absolute atomic E-state index is 0.106. The number of nitrogens with one attached hydrogen (secondary N) is 1. The summed E-state index contributed by atoms with van der Waals surface area (Å²) in [6, 6.07) is 12.1. The maximum Gasteiger partial charge on any atom is 0.258 e. The van der Waals surface area contributed by atoms with Crippen molar-refractivity contribution in [2.45, 2.75) is 19.4 Å². The van der Waals surface area contributed by atoms with Crippen LogP contribution < -0.4 is 9.86 Å². The van der Waals surface area contributed by atoms with Crippen LogP contribution in [0.3, 0.4) is 0 Å². The van der Waals surface area contributed by atoms with Crippen molar-refractivity contribution in [2.24, 2.45) is 0 Å². The van der Waals surface area contributed by atoms with Crippen molar-refractivity contribution in [1.82, 2.24) is 14.9 Å². The number of para-hydroxylation sites is 1. The Labute approximate surface area is 192 Å². The number of aryl methyl sites for hydroxylation is 1. The molecule has 10 heteroatoms. The zero-order valence-electron chi connectivity index (χ0n) is 18.6. The molecular weight excluding hydrogens is 444 g/mol. The molecule has 0 spiro atoms. The highest BCUT2D eigenvalue weighted by molar-refractivity contribution is 7.92. The van der Waals surface area contributed by atoms with Crippen LogP contribution in [-0.2, 0) is 27.7 Å². The van der Waals surface area contributed by atoms with Gasteiger partial charge in [-0.1, -0.05) is 12.1 Å². The molecule has 4 rings (SSSR count). The molecule has 2 aromatic carbocycles. The van der Waals surface area contributed by atoms with Gasteiger partial charge in [0.05, 0.1) is 36.0 Å². The summed E-state index contributed by atoms with van der Waals surface area (Å²) in [5.74, 6) is 0.131. The minimum atomic E-state index is -3.38. The molecule has 0 aliphatic carbocycles. The van der Waals surface area contributed by atoms with Gasteiger partial charge in [0.1, 0.15) is 5.82 Å². The van der Waals surface area contributed by atoms with E-state index in [1.807, 2.05) is 0 Å². The number of aromatic amines is 1. The Morgan fingerprint density at radius 3 is 2.79 bits per heavy atom. The average Bonchev–Trinajstić information content (AvgIpc) is 2.80. The Morgan fingerprint density at radius 2 is 2.03 bits per heavy atom. The molecule has 0 unspecified atom stereocenters. The smallest absolute Gasteiger partial charge is 0.258 e. The number of ether oxygens (including phenoxy) is 1. The first-order valence-corrected chi connectivity index (χ1v) is 12.5. The molecule has 1 aliphatic heterocycles. The Balaban J connectivity index is 1.64. The number of carbonyl (C=O) groups excluding carboxylic acids is 1. The Hall–Kier alpha value is -3.24. The van der Waals surface area contributed by atoms with Crippen LogP contribution in [0, 0.1) is 0 Å². The molecule has 9 nitrogen and oxygen atoms in total. The van der Waals surface area contributed by atoms with E-state index in [0.717, 1.165) is 5.56 Å². The number of carbonyl (C=O) groups is 1. The van der Waals surface area contributed by atoms with Gasteiger partial charge < -0.3 is 14.6 Å². The van der Waals surface area contributed by atoms with E-state index in [1.165, 1.54) is 10.6 Å². The Bertz CT molecular complexity index is 1350. The number of hydrogen-bond donors (Lipinski definition) is 1. The van der Waals surface area contributed by atoms with E-state index < -0.39 is 10.0 Å². The summed E-state index contributed by atoms with van der Waals surface area (Å²) in [6.45, 7) is 1.16. The van der Waals surface area contributed by atoms with Crippen LogP contribution in [-0.4, -0.2) is 62.3 Å². The topological polar surface area (TPSA) is 113 Å². The van der Waals surface area contributed by atoms with Crippen molar-refractivity contribution < 1.29 is 17.9 Å². The van der Waals surface area contributed by atoms with Crippen LogP contribution in [0.5, 0.6) is 0 Å². The maximum absolute atomic E-state index is 13.4. The molecule has 0 bridgehead atoms. The lowest BCUT2D eigenvalue weighted by Gasteiger charge is -2.30. The first-order valence-electron chi connectivity index (χ1n) is 10.6. The van der Waals surface area contributed by atoms with E-state index in [-0.39, 0.29) is 18.0 Å². The third-order valence-electron chi connectivity index (χ3n) is 5.66. The number of anilines is 1. The van der Waals surface area contributed by atoms with Crippen molar-refractivity contribution in [3.8, 4) is 0 Å². The van der Waals surface area contributed by atoms with Gasteiger partial charge in [0.2, 0.25) is 10.0 Å². The molecule has 1 amide bonds. The van der Waals surface area contributed by atoms with E-state index in [9.17, 15) is 18.0 Å². The number of nitrogens with zero attached hydrogens (tertiary/aromatic N) is 3. The predicted molar refractivity (Wildman–Crippen MR) is 126 cm³/mol. The summed E-state index contributed by atoms with van der Waals surface area (Å²) < 4.78 is 30.8. The molecule has 0 saturated heterocycles. The Kier molecular flexibility index (Phi) is 6.48. The summed E-state index contributed by atoms with van der Waals surface area (Å²) in [5.41, 5.74) is 2.18. The van der Waals surface area contributed by atoms with Crippen LogP contribution in [0.1, 0.15) is 28.2 Å². The SMILES string of the molecule is COCCN(Cc1nc2ccccc2c(=O)[nH]1)C(=O)c1ccc2c(c1)CCCN2S(C)(=O)=O. The number of methoxy groups -OCH3 is 1. The summed E-state index contributed by atoms with van der Waals surface area (Å²) in [6.07, 6.45) is 2.57. The Morgan fingerprint density at radius 1 is 1.24 bits per heavy atom. The highest BCUT2D eigenvalue weighted by atomic mass is 32.2. The third-order valence-corrected chi connectivity index (χ3v) is 6.84. The van der Waals surface area contributed by atoms with Crippen molar-refractivity contribution in [3.05, 3.63) is 69.8 Å². The molecule has 1 aliphatic rings. The minimum Gasteiger partial charge on any atom is -0.383 e. The number of aromatic nitrogens is 2. The fourth-order valence-electron chi connectivity index (χ4n) is 4.07. The highest BCUT2D eigenvalue weighted by Crippen LogP contribution is 2.30. The second-order valence-corrected chi connectivity index (χ2v) is 9.94. The molecule has 3 aromatic rings. The molecule has 1 N–H and O–H groups in total. The summed E-state index contributed by atoms with van der Waals surface area (Å²) in [5, 5.41) is 0.487. The van der Waals surface area contributed by atoms with E-state index in [4.69, 9.17) is 4.74 Å². The molecule has 174 valence electrons. The number of hydrogen-bond acceptors (Lipinski definition) is 6. The number of sulfonamides is 1. The molecule has 1 aromatic heterocycles. The monoisotopic (exact) mass is 470 g/mol. The van der Waals surface area contributed by atoms with Gasteiger partial charge in [-0.25, -0.2) is 13.4 Å². The van der Waals surface area contributed by atoms with Crippen molar-refractivity contribution in [3.63, 3.8) is 0 Å². The van der Waals surface area contributed by atoms with Crippen LogP contribution in [0.4, 0.5) is 5.69 Å². The lowest BCUT2D eigenvalue weighted by Crippen LogP contribution is -2.36. The zero-order chi connectivity index (χ0) is 23.6. The van der Waals surface area contributed by atoms with E-state index in [0.29, 0.717) is 60.5 Å². The molecule has 2 heterocycles. The highest BCUT2D eigenvalue weighted by Gasteiger charge is 2.26. The molecule has 33 heavy (non-hydrogen) atoms. The molecule has 0 fully saturated rings. The first-order chi connectivity index (χ1) is 15.8. The number of benzene rings is 2. The summed E-state index contributed by atoms with van der Waals surface area (Å²) in [4.78, 5) is 34.6. The van der Waals surface area contributed by atoms with Gasteiger partial charge in [0.15, 0.2) is 0 Å². The summed E-state index contributed by atoms with van der Waals surface area (Å²) in [7, 11) is -1.83. The van der Waals surface area contributed by atoms with Gasteiger partial charge >= 0.3 is 0 Å². The summed E-state index contributed by atoms with van der Waals surface area (Å²) >= 11 is 0. The van der Waals surface area contributed by atoms with Gasteiger partial charge in [-0.2, -0.15) is 0 Å². The van der Waals surface area contributed by atoms with Crippen molar-refractivity contribution in [1.29, 1.82) is 0 Å². The standard InChI is InChI=1S/C23H26N4O5S/c1-32-13-12-26(15-21-24-19-8-4-3-7-18(19)22(28)25-21)23(29)17-9-10-20-16(14-17)6-5-11-27(20)33(2,30)31/h3-4,7-10,14H,5-6,11-13,15H2,1-2H3,(H,24,25,28). The largest absolute Gasteiger partial charge is 0.383 e. The second-order valence-electron chi connectivity index (χ2n) is 8.03. The van der Waals surface area contributed by atoms with Crippen LogP contribution >= 0.6 is 0 Å². The normalized spacial score (nSPS) is 13.7. The number of rotatable bonds is 7. The van der Waals surface area contributed by atoms with Crippen molar-refractivity contribution in [2.75, 3.05) is 37.4 Å². The maximum atomic E-state index is 13.4. The predicted octanol–water partition coefficient (Wildman–Crippen LogP) is 1.92. The van der Waals surface area contributed by atoms with Gasteiger partial charge in [-0.3, -0.25) is 13.9 Å². The molecular formula is C23H26N4O5S. The van der Waals surface area contributed by atoms with Crippen LogP contribution in [0.2, 0.25) is 0 Å². The number of fused-ring (bicyclic) bond motifs is 2.